The van der Waals surface area contributed by atoms with Crippen LogP contribution in [0.15, 0.2) is 60.7 Å². The molecule has 14 N–H and O–H groups in total. The van der Waals surface area contributed by atoms with Crippen LogP contribution < -0.4 is 64.6 Å². The van der Waals surface area contributed by atoms with E-state index in [9.17, 15) is 57.5 Å². The summed E-state index contributed by atoms with van der Waals surface area (Å²) in [6, 6.07) is 16.0. The second-order valence-corrected chi connectivity index (χ2v) is 35.9. The Balaban J connectivity index is 0.000000961. The van der Waals surface area contributed by atoms with Crippen molar-refractivity contribution in [2.24, 2.45) is 23.3 Å². The van der Waals surface area contributed by atoms with Crippen molar-refractivity contribution < 1.29 is 66.1 Å². The lowest BCUT2D eigenvalue weighted by Crippen LogP contribution is -2.51. The van der Waals surface area contributed by atoms with E-state index in [-0.39, 0.29) is 124 Å². The summed E-state index contributed by atoms with van der Waals surface area (Å²) >= 11 is 0. The molecule has 4 atom stereocenters. The minimum atomic E-state index is -2.88. The summed E-state index contributed by atoms with van der Waals surface area (Å²) < 4.78 is 21.6. The number of halogens is 1. The topological polar surface area (TPSA) is 386 Å². The second-order valence-electron chi connectivity index (χ2n) is 26.2. The molecule has 2 rings (SSSR count). The molecule has 25 nitrogen and oxygen atoms in total. The summed E-state index contributed by atoms with van der Waals surface area (Å²) in [6.07, 6.45) is 2.69. The highest BCUT2D eigenvalue weighted by molar-refractivity contribution is 6.76. The average molecular weight is 1380 g/mol. The van der Waals surface area contributed by atoms with Crippen LogP contribution in [0, 0.1) is 11.8 Å². The monoisotopic (exact) mass is 1380 g/mol. The van der Waals surface area contributed by atoms with Crippen molar-refractivity contribution in [2.45, 2.75) is 225 Å². The lowest BCUT2D eigenvalue weighted by Gasteiger charge is -2.38. The highest BCUT2D eigenvalue weighted by Gasteiger charge is 2.42. The van der Waals surface area contributed by atoms with Crippen LogP contribution in [0.2, 0.25) is 34.3 Å². The van der Waals surface area contributed by atoms with Crippen LogP contribution in [0.1, 0.15) is 165 Å². The zero-order valence-corrected chi connectivity index (χ0v) is 61.2. The zero-order valence-electron chi connectivity index (χ0n) is 59.2. The van der Waals surface area contributed by atoms with Crippen LogP contribution in [0.3, 0.4) is 0 Å². The van der Waals surface area contributed by atoms with E-state index in [2.05, 4.69) is 80.9 Å². The average Bonchev–Trinajstić information content (AvgIpc) is 0.867. The van der Waals surface area contributed by atoms with Gasteiger partial charge >= 0.3 is 0 Å². The molecule has 96 heavy (non-hydrogen) atoms. The van der Waals surface area contributed by atoms with Crippen molar-refractivity contribution in [1.29, 1.82) is 0 Å². The third-order valence-corrected chi connectivity index (χ3v) is 27.4. The van der Waals surface area contributed by atoms with Gasteiger partial charge in [-0.3, -0.25) is 57.5 Å². The number of carbonyl (C=O) groups excluding carboxylic acids is 12. The first-order chi connectivity index (χ1) is 45.2. The summed E-state index contributed by atoms with van der Waals surface area (Å²) in [7, 11) is -4.81. The summed E-state index contributed by atoms with van der Waals surface area (Å²) in [4.78, 5) is 148. The van der Waals surface area contributed by atoms with E-state index in [0.717, 1.165) is 23.6 Å². The molecule has 0 saturated carbocycles. The molecule has 2 aromatic rings. The quantitative estimate of drug-likeness (QED) is 0.0241. The summed E-state index contributed by atoms with van der Waals surface area (Å²) in [5.74, 6) is -5.93. The van der Waals surface area contributed by atoms with Crippen LogP contribution in [-0.2, 0) is 74.8 Å². The van der Waals surface area contributed by atoms with Crippen LogP contribution in [0.25, 0.3) is 0 Å². The molecule has 0 saturated heterocycles. The lowest BCUT2D eigenvalue weighted by molar-refractivity contribution is -0.131. The van der Waals surface area contributed by atoms with Gasteiger partial charge in [0, 0.05) is 84.2 Å². The molecule has 0 bridgehead atoms. The first kappa shape index (κ1) is 86.4. The van der Waals surface area contributed by atoms with Gasteiger partial charge in [-0.05, 0) is 89.8 Å². The van der Waals surface area contributed by atoms with E-state index in [1.54, 1.807) is 52.0 Å². The normalized spacial score (nSPS) is 12.7. The number of hydrogen-bond acceptors (Lipinski definition) is 13. The number of nitrogens with one attached hydrogen (secondary N) is 10. The number of rotatable bonds is 46. The Morgan fingerprint density at radius 3 is 1.07 bits per heavy atom. The van der Waals surface area contributed by atoms with Gasteiger partial charge in [-0.25, -0.2) is 0 Å². The maximum Gasteiger partial charge on any atom is 0.252 e. The molecule has 2 aromatic carbocycles. The zero-order chi connectivity index (χ0) is 72.6. The standard InChI is InChI=1S/C35H60N6O7Si.C33H55FN6O6Si/c1-8-48-49(25(4)5,26(6)7)21-13-19-37-30(43)16-12-17-31(44)41-33(24(2)3)35(47)38-20-18-32(45)40-28(34(46)39-23-29(36)42)22-27-14-10-9-11-15-27;1-22(2)31(40-29(43)15-10-14-28(42)36-17-11-19-47(34,23(3)4)24(5)6)33(46)37-18-16-30(44)39-26(32(45)38-21-27(35)41)20-25-12-8-7-9-13-25/h9-11,14-15,24-26,28,33H,8,12-13,16-23H2,1-7H3,(H2,36,42)(H,37,43)(H,38,47)(H,39,46)(H,40,45)(H,41,44);7-9,12-13,22-24,26,31H,10-11,14-21H2,1-6H3,(H2,35,41)(H,36,42)(H,37,46)(H,38,45)(H,39,44)(H,40,43)/t28-,33-;26-,31-/m00/s1. The molecule has 12 amide bonds. The third-order valence-electron chi connectivity index (χ3n) is 16.6. The fourth-order valence-electron chi connectivity index (χ4n) is 11.0. The number of amides is 12. The fraction of sp³-hybridized carbons (Fsp3) is 0.647. The van der Waals surface area contributed by atoms with Gasteiger partial charge in [0.2, 0.25) is 70.9 Å². The Morgan fingerprint density at radius 2 is 0.750 bits per heavy atom. The molecule has 0 fully saturated rings. The van der Waals surface area contributed by atoms with Crippen molar-refractivity contribution in [1.82, 2.24) is 53.2 Å². The summed E-state index contributed by atoms with van der Waals surface area (Å²) in [5.41, 5.74) is 12.9. The van der Waals surface area contributed by atoms with Crippen molar-refractivity contribution >= 4 is 87.6 Å². The molecule has 28 heteroatoms. The van der Waals surface area contributed by atoms with Crippen LogP contribution in [0.5, 0.6) is 0 Å². The SMILES string of the molecule is CC(C)[C@H](NC(=O)CCCC(=O)NCCC[Si](F)(C(C)C)C(C)C)C(=O)NCCC(=O)N[C@@H](Cc1ccccc1)C(=O)NCC(N)=O.CCO[Si](CCCNC(=O)CCCC(=O)N[C@H](C(=O)NCCC(=O)N[C@@H](Cc1ccccc1)C(=O)NCC(N)=O)C(C)C)(C(C)C)C(C)C. The van der Waals surface area contributed by atoms with Gasteiger partial charge in [0.15, 0.2) is 8.32 Å². The smallest absolute Gasteiger partial charge is 0.252 e. The molecule has 0 aliphatic carbocycles. The molecular formula is C68H115FN12O13Si2. The largest absolute Gasteiger partial charge is 0.417 e. The predicted octanol–water partition coefficient (Wildman–Crippen LogP) is 4.82. The minimum Gasteiger partial charge on any atom is -0.417 e. The minimum absolute atomic E-state index is 0.0204. The number of nitrogens with two attached hydrogens (primary N) is 2. The Kier molecular flexibility index (Phi) is 41.9. The van der Waals surface area contributed by atoms with Crippen molar-refractivity contribution in [3.63, 3.8) is 0 Å². The predicted molar refractivity (Wildman–Crippen MR) is 375 cm³/mol. The van der Waals surface area contributed by atoms with E-state index in [1.807, 2.05) is 71.0 Å². The van der Waals surface area contributed by atoms with E-state index >= 15 is 4.11 Å². The van der Waals surface area contributed by atoms with E-state index in [1.165, 1.54) is 0 Å². The van der Waals surface area contributed by atoms with Crippen LogP contribution in [0.4, 0.5) is 4.11 Å². The number of benzene rings is 2. The number of carbonyl (C=O) groups is 12. The number of primary amides is 2. The van der Waals surface area contributed by atoms with Crippen LogP contribution >= 0.6 is 0 Å². The molecule has 540 valence electrons. The Labute approximate surface area is 570 Å². The molecule has 0 aliphatic rings. The van der Waals surface area contributed by atoms with Gasteiger partial charge in [0.25, 0.3) is 8.41 Å². The van der Waals surface area contributed by atoms with Crippen molar-refractivity contribution in [3.05, 3.63) is 71.8 Å². The molecule has 0 aliphatic heterocycles. The van der Waals surface area contributed by atoms with E-state index in [4.69, 9.17) is 15.9 Å². The van der Waals surface area contributed by atoms with Crippen molar-refractivity contribution in [2.75, 3.05) is 45.9 Å². The Hall–Kier alpha value is -7.60. The molecule has 0 unspecified atom stereocenters. The third kappa shape index (κ3) is 34.9. The van der Waals surface area contributed by atoms with E-state index in [0.29, 0.717) is 56.1 Å². The maximum atomic E-state index is 15.3. The molecule has 0 heterocycles. The van der Waals surface area contributed by atoms with Crippen LogP contribution in [-0.4, -0.2) is 158 Å². The second kappa shape index (κ2) is 46.5. The molecule has 0 radical (unpaired) electrons. The Morgan fingerprint density at radius 1 is 0.406 bits per heavy atom. The van der Waals surface area contributed by atoms with Gasteiger partial charge in [-0.2, -0.15) is 0 Å². The summed E-state index contributed by atoms with van der Waals surface area (Å²) in [5, 5.41) is 26.7. The first-order valence-corrected chi connectivity index (χ1v) is 38.5. The van der Waals surface area contributed by atoms with Gasteiger partial charge in [-0.15, -0.1) is 0 Å². The molecule has 0 aromatic heterocycles. The lowest BCUT2D eigenvalue weighted by atomic mass is 10.0. The fourth-order valence-corrected chi connectivity index (χ4v) is 18.7. The molecular weight excluding hydrogens is 1270 g/mol. The highest BCUT2D eigenvalue weighted by atomic mass is 28.4. The van der Waals surface area contributed by atoms with Gasteiger partial charge in [0.1, 0.15) is 24.2 Å². The van der Waals surface area contributed by atoms with Gasteiger partial charge in [-0.1, -0.05) is 144 Å². The van der Waals surface area contributed by atoms with Gasteiger partial charge < -0.3 is 73.2 Å². The maximum absolute atomic E-state index is 15.3. The summed E-state index contributed by atoms with van der Waals surface area (Å²) in [6.45, 7) is 26.6. The Bertz CT molecular complexity index is 2750. The van der Waals surface area contributed by atoms with Crippen molar-refractivity contribution in [3.8, 4) is 0 Å². The van der Waals surface area contributed by atoms with Gasteiger partial charge in [0.05, 0.1) is 13.1 Å². The highest BCUT2D eigenvalue weighted by Crippen LogP contribution is 2.39. The molecule has 0 spiro atoms. The first-order valence-electron chi connectivity index (χ1n) is 34.0. The number of hydrogen-bond donors (Lipinski definition) is 12. The van der Waals surface area contributed by atoms with E-state index < -0.39 is 88.1 Å².